The lowest BCUT2D eigenvalue weighted by Gasteiger charge is -1.99. The minimum atomic E-state index is 0.0585. The van der Waals surface area contributed by atoms with Crippen LogP contribution in [0, 0.1) is 6.92 Å². The molecular formula is C9H7Br2O. The Kier molecular flexibility index (Phi) is 3.47. The van der Waals surface area contributed by atoms with Gasteiger partial charge in [0.05, 0.1) is 0 Å². The van der Waals surface area contributed by atoms with E-state index in [0.29, 0.717) is 12.0 Å². The predicted molar refractivity (Wildman–Crippen MR) is 56.1 cm³/mol. The second-order valence-electron chi connectivity index (χ2n) is 2.30. The number of Topliss-reactive ketones (excluding diaryl/α,β-unsaturated/α-hetero) is 1. The first-order chi connectivity index (χ1) is 5.65. The molecular weight excluding hydrogens is 284 g/mol. The van der Waals surface area contributed by atoms with Gasteiger partial charge in [-0.1, -0.05) is 6.07 Å². The van der Waals surface area contributed by atoms with Gasteiger partial charge in [-0.25, -0.2) is 0 Å². The van der Waals surface area contributed by atoms with Crippen molar-refractivity contribution in [1.29, 1.82) is 0 Å². The van der Waals surface area contributed by atoms with Gasteiger partial charge in [0, 0.05) is 20.9 Å². The van der Waals surface area contributed by atoms with Crippen LogP contribution in [-0.4, -0.2) is 5.78 Å². The number of ketones is 1. The Balaban J connectivity index is 3.05. The summed E-state index contributed by atoms with van der Waals surface area (Å²) in [6.07, 6.45) is 0.300. The summed E-state index contributed by atoms with van der Waals surface area (Å²) in [5.41, 5.74) is 0.695. The van der Waals surface area contributed by atoms with Gasteiger partial charge in [-0.05, 0) is 50.9 Å². The Morgan fingerprint density at radius 3 is 2.50 bits per heavy atom. The second-order valence-corrected chi connectivity index (χ2v) is 4.01. The number of carbonyl (C=O) groups excluding carboxylic acids is 1. The van der Waals surface area contributed by atoms with E-state index >= 15 is 0 Å². The Labute approximate surface area is 88.4 Å². The minimum Gasteiger partial charge on any atom is -0.294 e. The molecule has 0 aliphatic rings. The Morgan fingerprint density at radius 2 is 2.00 bits per heavy atom. The molecule has 0 spiro atoms. The van der Waals surface area contributed by atoms with Gasteiger partial charge >= 0.3 is 0 Å². The summed E-state index contributed by atoms with van der Waals surface area (Å²) in [4.78, 5) is 11.2. The largest absolute Gasteiger partial charge is 0.294 e. The fourth-order valence-corrected chi connectivity index (χ4v) is 1.44. The van der Waals surface area contributed by atoms with Gasteiger partial charge < -0.3 is 0 Å². The first-order valence-electron chi connectivity index (χ1n) is 3.42. The molecule has 3 heteroatoms. The van der Waals surface area contributed by atoms with Gasteiger partial charge in [-0.3, -0.25) is 4.79 Å². The number of rotatable bonds is 2. The molecule has 0 saturated carbocycles. The van der Waals surface area contributed by atoms with Crippen molar-refractivity contribution in [3.05, 3.63) is 39.6 Å². The summed E-state index contributed by atoms with van der Waals surface area (Å²) >= 11 is 6.65. The van der Waals surface area contributed by atoms with Crippen molar-refractivity contribution in [2.45, 2.75) is 6.42 Å². The van der Waals surface area contributed by atoms with Crippen molar-refractivity contribution in [2.24, 2.45) is 0 Å². The van der Waals surface area contributed by atoms with Gasteiger partial charge in [0.25, 0.3) is 0 Å². The summed E-state index contributed by atoms with van der Waals surface area (Å²) in [5, 5.41) is 0. The van der Waals surface area contributed by atoms with Crippen molar-refractivity contribution in [1.82, 2.24) is 0 Å². The van der Waals surface area contributed by atoms with Gasteiger partial charge in [-0.2, -0.15) is 0 Å². The maximum atomic E-state index is 11.2. The first kappa shape index (κ1) is 9.93. The van der Waals surface area contributed by atoms with Crippen LogP contribution >= 0.6 is 31.9 Å². The topological polar surface area (TPSA) is 17.1 Å². The van der Waals surface area contributed by atoms with E-state index < -0.39 is 0 Å². The number of hydrogen-bond acceptors (Lipinski definition) is 1. The highest BCUT2D eigenvalue weighted by Gasteiger charge is 2.04. The quantitative estimate of drug-likeness (QED) is 0.761. The van der Waals surface area contributed by atoms with Crippen molar-refractivity contribution in [3.63, 3.8) is 0 Å². The molecule has 0 aliphatic heterocycles. The third kappa shape index (κ3) is 2.17. The molecule has 1 nitrogen and oxygen atoms in total. The lowest BCUT2D eigenvalue weighted by molar-refractivity contribution is 0.0995. The van der Waals surface area contributed by atoms with Crippen LogP contribution in [0.3, 0.4) is 0 Å². The molecule has 0 aliphatic carbocycles. The van der Waals surface area contributed by atoms with Crippen LogP contribution in [0.15, 0.2) is 27.1 Å². The zero-order chi connectivity index (χ0) is 9.14. The fourth-order valence-electron chi connectivity index (χ4n) is 0.814. The molecule has 0 unspecified atom stereocenters. The Bertz CT molecular complexity index is 307. The zero-order valence-electron chi connectivity index (χ0n) is 6.31. The number of hydrogen-bond donors (Lipinski definition) is 0. The highest BCUT2D eigenvalue weighted by Crippen LogP contribution is 2.24. The third-order valence-electron chi connectivity index (χ3n) is 1.47. The molecule has 1 rings (SSSR count). The van der Waals surface area contributed by atoms with Gasteiger partial charge in [0.1, 0.15) is 0 Å². The van der Waals surface area contributed by atoms with Crippen LogP contribution in [0.2, 0.25) is 0 Å². The van der Waals surface area contributed by atoms with E-state index in [1.807, 2.05) is 6.07 Å². The SMILES string of the molecule is [CH2]CC(=O)c1ccc(Br)c(Br)c1. The molecule has 1 aromatic rings. The number of halogens is 2. The van der Waals surface area contributed by atoms with Crippen LogP contribution < -0.4 is 0 Å². The third-order valence-corrected chi connectivity index (χ3v) is 3.35. The molecule has 1 radical (unpaired) electrons. The molecule has 0 amide bonds. The van der Waals surface area contributed by atoms with Crippen molar-refractivity contribution >= 4 is 37.6 Å². The normalized spacial score (nSPS) is 9.92. The summed E-state index contributed by atoms with van der Waals surface area (Å²) < 4.78 is 1.84. The summed E-state index contributed by atoms with van der Waals surface area (Å²) in [5.74, 6) is 0.0585. The first-order valence-corrected chi connectivity index (χ1v) is 5.01. The van der Waals surface area contributed by atoms with Crippen LogP contribution in [0.25, 0.3) is 0 Å². The maximum absolute atomic E-state index is 11.2. The molecule has 12 heavy (non-hydrogen) atoms. The van der Waals surface area contributed by atoms with Crippen molar-refractivity contribution in [3.8, 4) is 0 Å². The standard InChI is InChI=1S/C9H7Br2O/c1-2-9(12)6-3-4-7(10)8(11)5-6/h3-5H,1-2H2. The fraction of sp³-hybridized carbons (Fsp3) is 0.111. The van der Waals surface area contributed by atoms with E-state index in [-0.39, 0.29) is 5.78 Å². The Morgan fingerprint density at radius 1 is 1.33 bits per heavy atom. The molecule has 0 heterocycles. The second kappa shape index (κ2) is 4.19. The van der Waals surface area contributed by atoms with Crippen LogP contribution in [0.1, 0.15) is 16.8 Å². The van der Waals surface area contributed by atoms with Gasteiger partial charge in [0.2, 0.25) is 0 Å². The van der Waals surface area contributed by atoms with E-state index in [0.717, 1.165) is 8.95 Å². The lowest BCUT2D eigenvalue weighted by atomic mass is 10.1. The van der Waals surface area contributed by atoms with Gasteiger partial charge in [-0.15, -0.1) is 0 Å². The van der Waals surface area contributed by atoms with Crippen molar-refractivity contribution < 1.29 is 4.79 Å². The van der Waals surface area contributed by atoms with E-state index in [9.17, 15) is 4.79 Å². The maximum Gasteiger partial charge on any atom is 0.162 e. The van der Waals surface area contributed by atoms with Gasteiger partial charge in [0.15, 0.2) is 5.78 Å². The average molecular weight is 291 g/mol. The van der Waals surface area contributed by atoms with Crippen molar-refractivity contribution in [2.75, 3.05) is 0 Å². The lowest BCUT2D eigenvalue weighted by Crippen LogP contribution is -1.95. The van der Waals surface area contributed by atoms with E-state index in [1.165, 1.54) is 0 Å². The van der Waals surface area contributed by atoms with E-state index in [4.69, 9.17) is 0 Å². The number of carbonyl (C=O) groups is 1. The average Bonchev–Trinajstić information content (AvgIpc) is 2.08. The highest BCUT2D eigenvalue weighted by atomic mass is 79.9. The highest BCUT2D eigenvalue weighted by molar-refractivity contribution is 9.13. The summed E-state index contributed by atoms with van der Waals surface area (Å²) in [7, 11) is 0. The number of benzene rings is 1. The van der Waals surface area contributed by atoms with Crippen LogP contribution in [0.5, 0.6) is 0 Å². The zero-order valence-corrected chi connectivity index (χ0v) is 9.48. The summed E-state index contributed by atoms with van der Waals surface area (Å²) in [6.45, 7) is 3.54. The van der Waals surface area contributed by atoms with E-state index in [2.05, 4.69) is 38.8 Å². The molecule has 63 valence electrons. The summed E-state index contributed by atoms with van der Waals surface area (Å²) in [6, 6.07) is 5.41. The molecule has 0 bridgehead atoms. The Hall–Kier alpha value is -0.150. The van der Waals surface area contributed by atoms with Crippen LogP contribution in [0.4, 0.5) is 0 Å². The molecule has 0 N–H and O–H groups in total. The van der Waals surface area contributed by atoms with E-state index in [1.54, 1.807) is 12.1 Å². The molecule has 0 fully saturated rings. The minimum absolute atomic E-state index is 0.0585. The smallest absolute Gasteiger partial charge is 0.162 e. The molecule has 0 atom stereocenters. The van der Waals surface area contributed by atoms with Crippen LogP contribution in [-0.2, 0) is 0 Å². The molecule has 0 aromatic heterocycles. The predicted octanol–water partition coefficient (Wildman–Crippen LogP) is 3.62. The monoisotopic (exact) mass is 289 g/mol. The molecule has 1 aromatic carbocycles. The molecule has 0 saturated heterocycles.